The van der Waals surface area contributed by atoms with Crippen molar-refractivity contribution >= 4 is 5.91 Å². The van der Waals surface area contributed by atoms with Gasteiger partial charge < -0.3 is 4.90 Å². The molecule has 1 aliphatic carbocycles. The van der Waals surface area contributed by atoms with Gasteiger partial charge in [-0.05, 0) is 32.6 Å². The van der Waals surface area contributed by atoms with Crippen LogP contribution in [0.4, 0.5) is 0 Å². The van der Waals surface area contributed by atoms with E-state index < -0.39 is 0 Å². The Labute approximate surface area is 79.5 Å². The van der Waals surface area contributed by atoms with Crippen LogP contribution in [0.25, 0.3) is 0 Å². The normalized spacial score (nSPS) is 35.2. The molecule has 0 spiro atoms. The van der Waals surface area contributed by atoms with Gasteiger partial charge in [-0.3, -0.25) is 10.1 Å². The van der Waals surface area contributed by atoms with E-state index in [9.17, 15) is 4.79 Å². The van der Waals surface area contributed by atoms with Crippen LogP contribution in [0, 0.1) is 0 Å². The van der Waals surface area contributed by atoms with Crippen LogP contribution in [0.1, 0.15) is 39.5 Å². The molecule has 2 atom stereocenters. The number of amides is 1. The van der Waals surface area contributed by atoms with Crippen molar-refractivity contribution in [3.05, 3.63) is 0 Å². The fourth-order valence-corrected chi connectivity index (χ4v) is 2.23. The molecule has 1 aliphatic heterocycles. The molecule has 74 valence electrons. The highest BCUT2D eigenvalue weighted by atomic mass is 16.2. The third kappa shape index (κ3) is 1.35. The van der Waals surface area contributed by atoms with Gasteiger partial charge in [-0.1, -0.05) is 6.92 Å². The first-order valence-electron chi connectivity index (χ1n) is 5.32. The van der Waals surface area contributed by atoms with Crippen molar-refractivity contribution in [1.29, 1.82) is 0 Å². The molecule has 2 rings (SSSR count). The maximum Gasteiger partial charge on any atom is 0.240 e. The Morgan fingerprint density at radius 2 is 2.23 bits per heavy atom. The smallest absolute Gasteiger partial charge is 0.240 e. The van der Waals surface area contributed by atoms with Crippen LogP contribution in [0.3, 0.4) is 0 Å². The first kappa shape index (κ1) is 9.00. The number of rotatable bonds is 2. The second-order valence-corrected chi connectivity index (χ2v) is 4.14. The summed E-state index contributed by atoms with van der Waals surface area (Å²) in [6.45, 7) is 4.10. The summed E-state index contributed by atoms with van der Waals surface area (Å²) in [6.07, 6.45) is 5.02. The molecule has 1 heterocycles. The summed E-state index contributed by atoms with van der Waals surface area (Å²) in [7, 11) is 0. The van der Waals surface area contributed by atoms with E-state index >= 15 is 0 Å². The maximum atomic E-state index is 11.8. The summed E-state index contributed by atoms with van der Waals surface area (Å²) in [4.78, 5) is 13.8. The van der Waals surface area contributed by atoms with Gasteiger partial charge in [0.05, 0.1) is 12.2 Å². The summed E-state index contributed by atoms with van der Waals surface area (Å²) >= 11 is 0. The highest BCUT2D eigenvalue weighted by Crippen LogP contribution is 2.29. The molecule has 0 aromatic heterocycles. The fourth-order valence-electron chi connectivity index (χ4n) is 2.23. The van der Waals surface area contributed by atoms with E-state index in [-0.39, 0.29) is 6.04 Å². The topological polar surface area (TPSA) is 32.3 Å². The van der Waals surface area contributed by atoms with E-state index in [1.807, 2.05) is 6.92 Å². The molecule has 1 saturated carbocycles. The van der Waals surface area contributed by atoms with Crippen molar-refractivity contribution < 1.29 is 4.79 Å². The summed E-state index contributed by atoms with van der Waals surface area (Å²) in [5.74, 6) is 0.302. The van der Waals surface area contributed by atoms with Crippen molar-refractivity contribution in [2.45, 2.75) is 57.8 Å². The molecule has 0 aromatic carbocycles. The first-order chi connectivity index (χ1) is 6.24. The van der Waals surface area contributed by atoms with Crippen LogP contribution in [0.2, 0.25) is 0 Å². The second-order valence-electron chi connectivity index (χ2n) is 4.14. The Hall–Kier alpha value is -0.570. The standard InChI is InChI=1S/C10H18N2O/c1-3-9-11-7(2)10(13)12(9)8-5-4-6-8/h7-9,11H,3-6H2,1-2H3. The third-order valence-electron chi connectivity index (χ3n) is 3.26. The van der Waals surface area contributed by atoms with Gasteiger partial charge in [0.1, 0.15) is 0 Å². The van der Waals surface area contributed by atoms with Gasteiger partial charge in [0, 0.05) is 6.04 Å². The van der Waals surface area contributed by atoms with E-state index in [1.165, 1.54) is 19.3 Å². The molecule has 0 aromatic rings. The maximum absolute atomic E-state index is 11.8. The Balaban J connectivity index is 2.08. The minimum atomic E-state index is 0.0329. The molecule has 13 heavy (non-hydrogen) atoms. The largest absolute Gasteiger partial charge is 0.323 e. The van der Waals surface area contributed by atoms with Crippen molar-refractivity contribution in [3.63, 3.8) is 0 Å². The molecule has 3 heteroatoms. The summed E-state index contributed by atoms with van der Waals surface area (Å²) in [5, 5.41) is 3.33. The van der Waals surface area contributed by atoms with Crippen LogP contribution in [0.15, 0.2) is 0 Å². The molecule has 2 fully saturated rings. The predicted molar refractivity (Wildman–Crippen MR) is 51.2 cm³/mol. The average Bonchev–Trinajstić information content (AvgIpc) is 2.29. The van der Waals surface area contributed by atoms with Crippen LogP contribution >= 0.6 is 0 Å². The van der Waals surface area contributed by atoms with Crippen molar-refractivity contribution in [2.75, 3.05) is 0 Å². The highest BCUT2D eigenvalue weighted by Gasteiger charge is 2.41. The quantitative estimate of drug-likeness (QED) is 0.693. The van der Waals surface area contributed by atoms with E-state index in [2.05, 4.69) is 17.1 Å². The lowest BCUT2D eigenvalue weighted by Crippen LogP contribution is -2.47. The molecule has 1 saturated heterocycles. The second kappa shape index (κ2) is 3.29. The summed E-state index contributed by atoms with van der Waals surface area (Å²) < 4.78 is 0. The number of carbonyl (C=O) groups excluding carboxylic acids is 1. The molecule has 2 aliphatic rings. The van der Waals surface area contributed by atoms with Gasteiger partial charge in [0.2, 0.25) is 5.91 Å². The van der Waals surface area contributed by atoms with E-state index in [1.54, 1.807) is 0 Å². The number of hydrogen-bond donors (Lipinski definition) is 1. The molecule has 0 bridgehead atoms. The average molecular weight is 182 g/mol. The monoisotopic (exact) mass is 182 g/mol. The van der Waals surface area contributed by atoms with Gasteiger partial charge in [-0.25, -0.2) is 0 Å². The zero-order valence-corrected chi connectivity index (χ0v) is 8.42. The van der Waals surface area contributed by atoms with Gasteiger partial charge in [-0.15, -0.1) is 0 Å². The van der Waals surface area contributed by atoms with Crippen molar-refractivity contribution in [3.8, 4) is 0 Å². The van der Waals surface area contributed by atoms with E-state index in [0.717, 1.165) is 6.42 Å². The SMILES string of the molecule is CCC1NC(C)C(=O)N1C1CCC1. The fraction of sp³-hybridized carbons (Fsp3) is 0.900. The van der Waals surface area contributed by atoms with Gasteiger partial charge in [0.25, 0.3) is 0 Å². The Kier molecular flexibility index (Phi) is 2.28. The number of hydrogen-bond acceptors (Lipinski definition) is 2. The van der Waals surface area contributed by atoms with Gasteiger partial charge in [0.15, 0.2) is 0 Å². The Bertz CT molecular complexity index is 213. The molecule has 3 nitrogen and oxygen atoms in total. The molecular weight excluding hydrogens is 164 g/mol. The lowest BCUT2D eigenvalue weighted by atomic mass is 9.91. The number of nitrogens with zero attached hydrogens (tertiary/aromatic N) is 1. The third-order valence-corrected chi connectivity index (χ3v) is 3.26. The number of carbonyl (C=O) groups is 1. The minimum Gasteiger partial charge on any atom is -0.323 e. The summed E-state index contributed by atoms with van der Waals surface area (Å²) in [6, 6.07) is 0.570. The Morgan fingerprint density at radius 3 is 2.69 bits per heavy atom. The lowest BCUT2D eigenvalue weighted by molar-refractivity contribution is -0.133. The van der Waals surface area contributed by atoms with Crippen LogP contribution in [0.5, 0.6) is 0 Å². The number of nitrogens with one attached hydrogen (secondary N) is 1. The van der Waals surface area contributed by atoms with Gasteiger partial charge in [-0.2, -0.15) is 0 Å². The van der Waals surface area contributed by atoms with Crippen LogP contribution < -0.4 is 5.32 Å². The van der Waals surface area contributed by atoms with E-state index in [0.29, 0.717) is 18.1 Å². The zero-order valence-electron chi connectivity index (χ0n) is 8.42. The van der Waals surface area contributed by atoms with Crippen molar-refractivity contribution in [1.82, 2.24) is 10.2 Å². The predicted octanol–water partition coefficient (Wildman–Crippen LogP) is 1.10. The molecule has 0 radical (unpaired) electrons. The summed E-state index contributed by atoms with van der Waals surface area (Å²) in [5.41, 5.74) is 0. The lowest BCUT2D eigenvalue weighted by Gasteiger charge is -2.38. The molecule has 2 unspecified atom stereocenters. The molecule has 1 N–H and O–H groups in total. The van der Waals surface area contributed by atoms with E-state index in [4.69, 9.17) is 0 Å². The van der Waals surface area contributed by atoms with Crippen LogP contribution in [-0.4, -0.2) is 29.1 Å². The first-order valence-corrected chi connectivity index (χ1v) is 5.32. The van der Waals surface area contributed by atoms with Crippen molar-refractivity contribution in [2.24, 2.45) is 0 Å². The van der Waals surface area contributed by atoms with Crippen LogP contribution in [-0.2, 0) is 4.79 Å². The zero-order chi connectivity index (χ0) is 9.42. The minimum absolute atomic E-state index is 0.0329. The molecular formula is C10H18N2O. The Morgan fingerprint density at radius 1 is 1.54 bits per heavy atom. The molecule has 1 amide bonds. The highest BCUT2D eigenvalue weighted by molar-refractivity contribution is 5.84. The van der Waals surface area contributed by atoms with Gasteiger partial charge >= 0.3 is 0 Å².